The van der Waals surface area contributed by atoms with Gasteiger partial charge in [-0.05, 0) is 36.4 Å². The van der Waals surface area contributed by atoms with Gasteiger partial charge >= 0.3 is 0 Å². The van der Waals surface area contributed by atoms with Gasteiger partial charge in [-0.15, -0.1) is 11.3 Å². The number of amides is 2. The number of para-hydroxylation sites is 2. The fourth-order valence-electron chi connectivity index (χ4n) is 4.08. The largest absolute Gasteiger partial charge is 0.495 e. The monoisotopic (exact) mass is 399 g/mol. The Bertz CT molecular complexity index is 831. The van der Waals surface area contributed by atoms with Crippen molar-refractivity contribution in [2.24, 2.45) is 0 Å². The van der Waals surface area contributed by atoms with Crippen molar-refractivity contribution in [3.05, 3.63) is 46.7 Å². The molecule has 148 valence electrons. The van der Waals surface area contributed by atoms with E-state index in [0.29, 0.717) is 24.5 Å². The minimum absolute atomic E-state index is 0.0153. The maximum Gasteiger partial charge on any atom is 0.264 e. The van der Waals surface area contributed by atoms with Crippen LogP contribution in [-0.2, 0) is 4.79 Å². The molecule has 7 heteroatoms. The smallest absolute Gasteiger partial charge is 0.264 e. The van der Waals surface area contributed by atoms with E-state index in [9.17, 15) is 9.59 Å². The van der Waals surface area contributed by atoms with Gasteiger partial charge in [0.1, 0.15) is 11.8 Å². The molecular formula is C21H25N3O3S. The SMILES string of the molecule is COc1ccccc1N1CCN(C(=O)C2CCCN2C(=O)c2cccs2)CC1. The predicted molar refractivity (Wildman–Crippen MR) is 110 cm³/mol. The molecule has 1 atom stereocenters. The number of methoxy groups -OCH3 is 1. The molecule has 6 nitrogen and oxygen atoms in total. The van der Waals surface area contributed by atoms with E-state index in [0.717, 1.165) is 37.4 Å². The van der Waals surface area contributed by atoms with Crippen LogP contribution in [0, 0.1) is 0 Å². The number of carbonyl (C=O) groups excluding carboxylic acids is 2. The third-order valence-electron chi connectivity index (χ3n) is 5.55. The molecule has 0 radical (unpaired) electrons. The zero-order valence-electron chi connectivity index (χ0n) is 16.0. The molecule has 4 rings (SSSR count). The highest BCUT2D eigenvalue weighted by Gasteiger charge is 2.38. The van der Waals surface area contributed by atoms with Crippen molar-refractivity contribution in [3.8, 4) is 5.75 Å². The maximum atomic E-state index is 13.1. The summed E-state index contributed by atoms with van der Waals surface area (Å²) in [5.41, 5.74) is 1.06. The number of hydrogen-bond donors (Lipinski definition) is 0. The number of rotatable bonds is 4. The lowest BCUT2D eigenvalue weighted by atomic mass is 10.1. The Labute approximate surface area is 169 Å². The highest BCUT2D eigenvalue weighted by Crippen LogP contribution is 2.29. The molecule has 0 saturated carbocycles. The van der Waals surface area contributed by atoms with Crippen molar-refractivity contribution >= 4 is 28.8 Å². The first-order chi connectivity index (χ1) is 13.7. The Morgan fingerprint density at radius 2 is 1.82 bits per heavy atom. The summed E-state index contributed by atoms with van der Waals surface area (Å²) in [6.07, 6.45) is 1.64. The van der Waals surface area contributed by atoms with Gasteiger partial charge in [-0.2, -0.15) is 0 Å². The van der Waals surface area contributed by atoms with E-state index >= 15 is 0 Å². The average Bonchev–Trinajstić information content (AvgIpc) is 3.45. The van der Waals surface area contributed by atoms with Gasteiger partial charge in [0.05, 0.1) is 17.7 Å². The molecule has 2 aliphatic heterocycles. The highest BCUT2D eigenvalue weighted by molar-refractivity contribution is 7.12. The Hall–Kier alpha value is -2.54. The fourth-order valence-corrected chi connectivity index (χ4v) is 4.76. The second-order valence-corrected chi connectivity index (χ2v) is 8.07. The van der Waals surface area contributed by atoms with Crippen molar-refractivity contribution in [2.75, 3.05) is 44.7 Å². The van der Waals surface area contributed by atoms with Gasteiger partial charge in [-0.1, -0.05) is 18.2 Å². The van der Waals surface area contributed by atoms with Gasteiger partial charge in [0.15, 0.2) is 0 Å². The lowest BCUT2D eigenvalue weighted by molar-refractivity contribution is -0.135. The zero-order chi connectivity index (χ0) is 19.5. The van der Waals surface area contributed by atoms with Crippen LogP contribution in [0.1, 0.15) is 22.5 Å². The van der Waals surface area contributed by atoms with Crippen molar-refractivity contribution in [1.82, 2.24) is 9.80 Å². The molecule has 2 aromatic rings. The number of anilines is 1. The number of piperazine rings is 1. The van der Waals surface area contributed by atoms with Crippen LogP contribution in [0.5, 0.6) is 5.75 Å². The third-order valence-corrected chi connectivity index (χ3v) is 6.41. The van der Waals surface area contributed by atoms with Crippen LogP contribution in [0.3, 0.4) is 0 Å². The van der Waals surface area contributed by atoms with Gasteiger partial charge < -0.3 is 19.4 Å². The Morgan fingerprint density at radius 1 is 1.04 bits per heavy atom. The van der Waals surface area contributed by atoms with Crippen LogP contribution in [-0.4, -0.2) is 67.5 Å². The summed E-state index contributed by atoms with van der Waals surface area (Å²) in [5.74, 6) is 0.923. The summed E-state index contributed by atoms with van der Waals surface area (Å²) in [6, 6.07) is 11.4. The third kappa shape index (κ3) is 3.58. The van der Waals surface area contributed by atoms with E-state index in [-0.39, 0.29) is 17.9 Å². The van der Waals surface area contributed by atoms with Crippen LogP contribution in [0.4, 0.5) is 5.69 Å². The van der Waals surface area contributed by atoms with E-state index in [1.165, 1.54) is 11.3 Å². The second kappa shape index (κ2) is 8.22. The molecule has 0 N–H and O–H groups in total. The lowest BCUT2D eigenvalue weighted by Gasteiger charge is -2.38. The van der Waals surface area contributed by atoms with Gasteiger partial charge in [0.2, 0.25) is 5.91 Å². The van der Waals surface area contributed by atoms with Crippen LogP contribution < -0.4 is 9.64 Å². The minimum atomic E-state index is -0.326. The average molecular weight is 400 g/mol. The summed E-state index contributed by atoms with van der Waals surface area (Å²) >= 11 is 1.43. The van der Waals surface area contributed by atoms with Crippen LogP contribution in [0.2, 0.25) is 0 Å². The number of likely N-dealkylation sites (tertiary alicyclic amines) is 1. The summed E-state index contributed by atoms with van der Waals surface area (Å²) in [6.45, 7) is 3.51. The van der Waals surface area contributed by atoms with Crippen molar-refractivity contribution in [3.63, 3.8) is 0 Å². The predicted octanol–water partition coefficient (Wildman–Crippen LogP) is 2.71. The second-order valence-electron chi connectivity index (χ2n) is 7.12. The molecule has 2 aliphatic rings. The quantitative estimate of drug-likeness (QED) is 0.793. The van der Waals surface area contributed by atoms with E-state index in [1.54, 1.807) is 12.0 Å². The summed E-state index contributed by atoms with van der Waals surface area (Å²) in [7, 11) is 1.68. The number of hydrogen-bond acceptors (Lipinski definition) is 5. The summed E-state index contributed by atoms with van der Waals surface area (Å²) in [4.78, 5) is 32.5. The molecule has 0 aliphatic carbocycles. The van der Waals surface area contributed by atoms with Gasteiger partial charge in [-0.25, -0.2) is 0 Å². The standard InChI is InChI=1S/C21H25N3O3S/c1-27-18-8-3-2-6-16(18)22-11-13-23(14-12-22)20(25)17-7-4-10-24(17)21(26)19-9-5-15-28-19/h2-3,5-6,8-9,15,17H,4,7,10-14H2,1H3. The molecule has 2 fully saturated rings. The van der Waals surface area contributed by atoms with E-state index in [4.69, 9.17) is 4.74 Å². The molecule has 1 aromatic heterocycles. The minimum Gasteiger partial charge on any atom is -0.495 e. The zero-order valence-corrected chi connectivity index (χ0v) is 16.9. The molecule has 0 bridgehead atoms. The first-order valence-electron chi connectivity index (χ1n) is 9.70. The first kappa shape index (κ1) is 18.8. The summed E-state index contributed by atoms with van der Waals surface area (Å²) < 4.78 is 5.46. The van der Waals surface area contributed by atoms with E-state index in [1.807, 2.05) is 40.6 Å². The molecule has 2 saturated heterocycles. The Balaban J connectivity index is 1.40. The fraction of sp³-hybridized carbons (Fsp3) is 0.429. The molecule has 1 aromatic carbocycles. The Morgan fingerprint density at radius 3 is 2.54 bits per heavy atom. The van der Waals surface area contributed by atoms with Crippen molar-refractivity contribution < 1.29 is 14.3 Å². The highest BCUT2D eigenvalue weighted by atomic mass is 32.1. The number of benzene rings is 1. The molecule has 3 heterocycles. The van der Waals surface area contributed by atoms with E-state index < -0.39 is 0 Å². The van der Waals surface area contributed by atoms with Gasteiger partial charge in [-0.3, -0.25) is 9.59 Å². The van der Waals surface area contributed by atoms with Gasteiger partial charge in [0, 0.05) is 32.7 Å². The molecular weight excluding hydrogens is 374 g/mol. The van der Waals surface area contributed by atoms with Crippen molar-refractivity contribution in [2.45, 2.75) is 18.9 Å². The Kier molecular flexibility index (Phi) is 5.52. The first-order valence-corrected chi connectivity index (χ1v) is 10.6. The molecule has 28 heavy (non-hydrogen) atoms. The van der Waals surface area contributed by atoms with Crippen LogP contribution in [0.15, 0.2) is 41.8 Å². The normalized spacial score (nSPS) is 19.8. The summed E-state index contributed by atoms with van der Waals surface area (Å²) in [5, 5.41) is 1.90. The van der Waals surface area contributed by atoms with Crippen LogP contribution in [0.25, 0.3) is 0 Å². The molecule has 1 unspecified atom stereocenters. The number of nitrogens with zero attached hydrogens (tertiary/aromatic N) is 3. The molecule has 0 spiro atoms. The number of thiophene rings is 1. The topological polar surface area (TPSA) is 53.1 Å². The van der Waals surface area contributed by atoms with Crippen LogP contribution >= 0.6 is 11.3 Å². The van der Waals surface area contributed by atoms with Gasteiger partial charge in [0.25, 0.3) is 5.91 Å². The number of carbonyl (C=O) groups is 2. The lowest BCUT2D eigenvalue weighted by Crippen LogP contribution is -2.54. The van der Waals surface area contributed by atoms with Crippen molar-refractivity contribution in [1.29, 1.82) is 0 Å². The number of ether oxygens (including phenoxy) is 1. The maximum absolute atomic E-state index is 13.1. The van der Waals surface area contributed by atoms with E-state index in [2.05, 4.69) is 11.0 Å². The molecule has 2 amide bonds.